The van der Waals surface area contributed by atoms with Crippen LogP contribution in [0.25, 0.3) is 10.9 Å². The van der Waals surface area contributed by atoms with Crippen LogP contribution in [0, 0.1) is 6.92 Å². The molecule has 3 heterocycles. The van der Waals surface area contributed by atoms with E-state index in [0.717, 1.165) is 48.2 Å². The minimum Gasteiger partial charge on any atom is -0.320 e. The lowest BCUT2D eigenvalue weighted by atomic mass is 10.2. The molecular formula is C18H20N6O. The second-order valence-corrected chi connectivity index (χ2v) is 6.37. The third-order valence-corrected chi connectivity index (χ3v) is 4.59. The monoisotopic (exact) mass is 336 g/mol. The van der Waals surface area contributed by atoms with Crippen LogP contribution in [0.4, 0.5) is 10.5 Å². The molecule has 0 saturated carbocycles. The summed E-state index contributed by atoms with van der Waals surface area (Å²) in [5.41, 5.74) is 2.37. The number of likely N-dealkylation sites (tertiary alicyclic amines) is 1. The highest BCUT2D eigenvalue weighted by molar-refractivity contribution is 6.00. The smallest absolute Gasteiger partial charge is 0.320 e. The van der Waals surface area contributed by atoms with Gasteiger partial charge in [0, 0.05) is 24.3 Å². The predicted octanol–water partition coefficient (Wildman–Crippen LogP) is 2.83. The van der Waals surface area contributed by atoms with Gasteiger partial charge in [-0.05, 0) is 44.0 Å². The van der Waals surface area contributed by atoms with E-state index in [4.69, 9.17) is 0 Å². The van der Waals surface area contributed by atoms with Gasteiger partial charge in [-0.1, -0.05) is 6.07 Å². The number of aromatic nitrogens is 4. The Bertz CT molecular complexity index is 892. The average molecular weight is 336 g/mol. The fourth-order valence-electron chi connectivity index (χ4n) is 3.38. The first-order chi connectivity index (χ1) is 12.2. The van der Waals surface area contributed by atoms with E-state index in [1.54, 1.807) is 6.20 Å². The molecule has 0 bridgehead atoms. The Morgan fingerprint density at radius 3 is 3.08 bits per heavy atom. The number of hydrogen-bond acceptors (Lipinski definition) is 4. The van der Waals surface area contributed by atoms with Crippen molar-refractivity contribution in [3.63, 3.8) is 0 Å². The molecule has 25 heavy (non-hydrogen) atoms. The van der Waals surface area contributed by atoms with Crippen LogP contribution in [0.5, 0.6) is 0 Å². The fraction of sp³-hybridized carbons (Fsp3) is 0.333. The minimum atomic E-state index is -0.0726. The van der Waals surface area contributed by atoms with Crippen LogP contribution in [0.2, 0.25) is 0 Å². The number of urea groups is 1. The van der Waals surface area contributed by atoms with Crippen LogP contribution < -0.4 is 5.32 Å². The Morgan fingerprint density at radius 1 is 1.32 bits per heavy atom. The number of rotatable bonds is 3. The van der Waals surface area contributed by atoms with Gasteiger partial charge in [0.2, 0.25) is 0 Å². The van der Waals surface area contributed by atoms with E-state index in [1.165, 1.54) is 0 Å². The molecule has 0 radical (unpaired) electrons. The van der Waals surface area contributed by atoms with E-state index in [1.807, 2.05) is 53.0 Å². The largest absolute Gasteiger partial charge is 0.322 e. The zero-order chi connectivity index (χ0) is 17.2. The summed E-state index contributed by atoms with van der Waals surface area (Å²) in [4.78, 5) is 14.7. The number of aryl methyl sites for hydroxylation is 1. The van der Waals surface area contributed by atoms with Crippen molar-refractivity contribution in [2.75, 3.05) is 11.9 Å². The number of carbonyl (C=O) groups excluding carboxylic acids is 1. The molecule has 7 nitrogen and oxygen atoms in total. The summed E-state index contributed by atoms with van der Waals surface area (Å²) in [7, 11) is 0. The van der Waals surface area contributed by atoms with E-state index < -0.39 is 0 Å². The molecule has 7 heteroatoms. The Labute approximate surface area is 145 Å². The number of benzene rings is 1. The molecule has 128 valence electrons. The van der Waals surface area contributed by atoms with Gasteiger partial charge in [0.15, 0.2) is 0 Å². The summed E-state index contributed by atoms with van der Waals surface area (Å²) in [5, 5.41) is 16.5. The quantitative estimate of drug-likeness (QED) is 0.798. The summed E-state index contributed by atoms with van der Waals surface area (Å²) in [6.07, 6.45) is 5.70. The van der Waals surface area contributed by atoms with Crippen molar-refractivity contribution >= 4 is 22.6 Å². The van der Waals surface area contributed by atoms with E-state index in [2.05, 4.69) is 20.6 Å². The topological polar surface area (TPSA) is 75.9 Å². The Kier molecular flexibility index (Phi) is 4.05. The number of nitrogens with one attached hydrogen (secondary N) is 1. The lowest BCUT2D eigenvalue weighted by Crippen LogP contribution is -2.40. The molecule has 1 atom stereocenters. The lowest BCUT2D eigenvalue weighted by molar-refractivity contribution is 0.199. The summed E-state index contributed by atoms with van der Waals surface area (Å²) in [6, 6.07) is 9.62. The van der Waals surface area contributed by atoms with Crippen LogP contribution in [-0.4, -0.2) is 43.5 Å². The number of fused-ring (bicyclic) bond motifs is 1. The lowest BCUT2D eigenvalue weighted by Gasteiger charge is -2.25. The number of anilines is 1. The first-order valence-electron chi connectivity index (χ1n) is 8.49. The molecule has 3 aromatic rings. The van der Waals surface area contributed by atoms with Gasteiger partial charge in [0.25, 0.3) is 0 Å². The van der Waals surface area contributed by atoms with Crippen molar-refractivity contribution in [1.82, 2.24) is 24.9 Å². The van der Waals surface area contributed by atoms with Crippen molar-refractivity contribution in [2.45, 2.75) is 32.4 Å². The first kappa shape index (κ1) is 15.6. The molecule has 0 unspecified atom stereocenters. The highest BCUT2D eigenvalue weighted by atomic mass is 16.2. The van der Waals surface area contributed by atoms with E-state index in [-0.39, 0.29) is 12.1 Å². The molecule has 0 aliphatic carbocycles. The average Bonchev–Trinajstić information content (AvgIpc) is 3.28. The summed E-state index contributed by atoms with van der Waals surface area (Å²) in [6.45, 7) is 3.38. The van der Waals surface area contributed by atoms with Gasteiger partial charge in [-0.15, -0.1) is 0 Å². The Morgan fingerprint density at radius 2 is 2.24 bits per heavy atom. The second kappa shape index (κ2) is 6.51. The fourth-order valence-corrected chi connectivity index (χ4v) is 3.38. The highest BCUT2D eigenvalue weighted by Gasteiger charge is 2.29. The third kappa shape index (κ3) is 3.17. The second-order valence-electron chi connectivity index (χ2n) is 6.37. The maximum absolute atomic E-state index is 12.8. The number of hydrogen-bond donors (Lipinski definition) is 1. The van der Waals surface area contributed by atoms with E-state index >= 15 is 0 Å². The Balaban J connectivity index is 1.54. The Hall–Kier alpha value is -2.96. The van der Waals surface area contributed by atoms with Crippen molar-refractivity contribution in [3.8, 4) is 0 Å². The van der Waals surface area contributed by atoms with Gasteiger partial charge >= 0.3 is 6.03 Å². The van der Waals surface area contributed by atoms with Crippen molar-refractivity contribution in [1.29, 1.82) is 0 Å². The number of carbonyl (C=O) groups is 1. The van der Waals surface area contributed by atoms with Gasteiger partial charge < -0.3 is 10.2 Å². The van der Waals surface area contributed by atoms with Gasteiger partial charge in [0.1, 0.15) is 0 Å². The molecule has 1 N–H and O–H groups in total. The molecule has 2 amide bonds. The molecule has 1 aromatic carbocycles. The number of nitrogens with zero attached hydrogens (tertiary/aromatic N) is 5. The van der Waals surface area contributed by atoms with E-state index in [0.29, 0.717) is 0 Å². The molecule has 0 spiro atoms. The van der Waals surface area contributed by atoms with Gasteiger partial charge in [-0.25, -0.2) is 4.79 Å². The van der Waals surface area contributed by atoms with Crippen molar-refractivity contribution < 1.29 is 4.79 Å². The molecule has 4 rings (SSSR count). The van der Waals surface area contributed by atoms with Crippen LogP contribution in [-0.2, 0) is 6.54 Å². The third-order valence-electron chi connectivity index (χ3n) is 4.59. The zero-order valence-corrected chi connectivity index (χ0v) is 14.1. The van der Waals surface area contributed by atoms with Gasteiger partial charge in [0.05, 0.1) is 29.5 Å². The maximum Gasteiger partial charge on any atom is 0.322 e. The number of amides is 2. The van der Waals surface area contributed by atoms with Crippen LogP contribution >= 0.6 is 0 Å². The highest BCUT2D eigenvalue weighted by Crippen LogP contribution is 2.24. The molecule has 1 fully saturated rings. The standard InChI is InChI=1S/C18H20N6O/c1-13-11-15-16(6-2-7-17(15)22-21-13)20-18(25)24-10-3-5-14(24)12-23-9-4-8-19-23/h2,4,6-9,11,14H,3,5,10,12H2,1H3,(H,20,25)/t14-/m1/s1. The van der Waals surface area contributed by atoms with E-state index in [9.17, 15) is 4.79 Å². The van der Waals surface area contributed by atoms with Crippen LogP contribution in [0.1, 0.15) is 18.5 Å². The minimum absolute atomic E-state index is 0.0726. The zero-order valence-electron chi connectivity index (χ0n) is 14.1. The summed E-state index contributed by atoms with van der Waals surface area (Å²) >= 11 is 0. The van der Waals surface area contributed by atoms with Crippen LogP contribution in [0.15, 0.2) is 42.7 Å². The van der Waals surface area contributed by atoms with Gasteiger partial charge in [-0.2, -0.15) is 15.3 Å². The SMILES string of the molecule is Cc1cc2c(NC(=O)N3CCC[C@@H]3Cn3cccn3)cccc2nn1. The van der Waals surface area contributed by atoms with Gasteiger partial charge in [-0.3, -0.25) is 4.68 Å². The molecule has 1 aliphatic rings. The maximum atomic E-state index is 12.8. The van der Waals surface area contributed by atoms with Crippen LogP contribution in [0.3, 0.4) is 0 Å². The first-order valence-corrected chi connectivity index (χ1v) is 8.49. The molecule has 1 aliphatic heterocycles. The summed E-state index contributed by atoms with van der Waals surface area (Å²) < 4.78 is 1.88. The predicted molar refractivity (Wildman–Crippen MR) is 95.2 cm³/mol. The summed E-state index contributed by atoms with van der Waals surface area (Å²) in [5.74, 6) is 0. The molecule has 1 saturated heterocycles. The van der Waals surface area contributed by atoms with Crippen molar-refractivity contribution in [3.05, 3.63) is 48.4 Å². The molecule has 2 aromatic heterocycles. The van der Waals surface area contributed by atoms with Crippen molar-refractivity contribution in [2.24, 2.45) is 0 Å². The normalized spacial score (nSPS) is 17.2. The molecular weight excluding hydrogens is 316 g/mol.